The zero-order chi connectivity index (χ0) is 9.07. The first-order valence-electron chi connectivity index (χ1n) is 2.81. The number of aliphatic hydroxyl groups is 2. The van der Waals surface area contributed by atoms with Gasteiger partial charge >= 0.3 is 10.4 Å². The highest BCUT2D eigenvalue weighted by Gasteiger charge is 2.20. The molecule has 2 atom stereocenters. The van der Waals surface area contributed by atoms with E-state index < -0.39 is 29.2 Å². The quantitative estimate of drug-likeness (QED) is 0.464. The highest BCUT2D eigenvalue weighted by Crippen LogP contribution is 2.01. The molecule has 0 aliphatic rings. The fraction of sp³-hybridized carbons (Fsp3) is 1.00. The minimum atomic E-state index is -4.60. The zero-order valence-electron chi connectivity index (χ0n) is 5.84. The van der Waals surface area contributed by atoms with Crippen LogP contribution in [0.5, 0.6) is 0 Å². The van der Waals surface area contributed by atoms with Crippen molar-refractivity contribution in [1.82, 2.24) is 0 Å². The molecule has 0 amide bonds. The molecule has 0 aliphatic heterocycles. The van der Waals surface area contributed by atoms with E-state index in [1.165, 1.54) is 6.92 Å². The lowest BCUT2D eigenvalue weighted by atomic mass is 10.2. The molecule has 0 bridgehead atoms. The summed E-state index contributed by atoms with van der Waals surface area (Å²) in [6.45, 7) is 0.545. The molecule has 0 radical (unpaired) electrons. The van der Waals surface area contributed by atoms with Crippen LogP contribution in [0.4, 0.5) is 0 Å². The molecule has 0 heterocycles. The zero-order valence-corrected chi connectivity index (χ0v) is 6.65. The molecule has 68 valence electrons. The molecule has 0 aromatic heterocycles. The first-order chi connectivity index (χ1) is 4.87. The molecular weight excluding hydrogens is 176 g/mol. The monoisotopic (exact) mass is 186 g/mol. The third-order valence-electron chi connectivity index (χ3n) is 0.963. The molecule has 7 heteroatoms. The van der Waals surface area contributed by atoms with Gasteiger partial charge in [0.25, 0.3) is 0 Å². The Hall–Kier alpha value is -0.210. The fourth-order valence-corrected chi connectivity index (χ4v) is 0.954. The molecule has 0 saturated heterocycles. The Kier molecular flexibility index (Phi) is 3.90. The molecule has 0 aromatic rings. The van der Waals surface area contributed by atoms with E-state index in [1.54, 1.807) is 0 Å². The van der Waals surface area contributed by atoms with E-state index in [9.17, 15) is 8.42 Å². The smallest absolute Gasteiger partial charge is 0.394 e. The summed E-state index contributed by atoms with van der Waals surface area (Å²) in [5.74, 6) is 0. The average molecular weight is 186 g/mol. The molecule has 0 aromatic carbocycles. The van der Waals surface area contributed by atoms with Crippen molar-refractivity contribution in [3.63, 3.8) is 0 Å². The second kappa shape index (κ2) is 3.98. The summed E-state index contributed by atoms with van der Waals surface area (Å²) in [4.78, 5) is 0. The summed E-state index contributed by atoms with van der Waals surface area (Å²) in [7, 11) is -4.60. The van der Waals surface area contributed by atoms with Crippen LogP contribution in [0.1, 0.15) is 6.92 Å². The van der Waals surface area contributed by atoms with Crippen LogP contribution >= 0.6 is 0 Å². The van der Waals surface area contributed by atoms with Gasteiger partial charge in [-0.25, -0.2) is 4.18 Å². The Morgan fingerprint density at radius 3 is 2.09 bits per heavy atom. The first kappa shape index (κ1) is 10.8. The van der Waals surface area contributed by atoms with Gasteiger partial charge in [0.1, 0.15) is 6.10 Å². The maximum atomic E-state index is 10.0. The molecule has 0 spiro atoms. The second-order valence-corrected chi connectivity index (χ2v) is 3.03. The molecule has 0 saturated carbocycles. The molecular formula is C4H10O6S. The van der Waals surface area contributed by atoms with Crippen LogP contribution in [0.15, 0.2) is 0 Å². The predicted molar refractivity (Wildman–Crippen MR) is 35.2 cm³/mol. The third-order valence-corrected chi connectivity index (χ3v) is 1.45. The Bertz CT molecular complexity index is 195. The Morgan fingerprint density at radius 2 is 2.00 bits per heavy atom. The molecule has 3 N–H and O–H groups in total. The van der Waals surface area contributed by atoms with Crippen molar-refractivity contribution in [3.8, 4) is 0 Å². The van der Waals surface area contributed by atoms with Crippen LogP contribution in [0.2, 0.25) is 0 Å². The minimum Gasteiger partial charge on any atom is -0.394 e. The highest BCUT2D eigenvalue weighted by atomic mass is 32.3. The molecule has 6 nitrogen and oxygen atoms in total. The van der Waals surface area contributed by atoms with Crippen LogP contribution in [0.25, 0.3) is 0 Å². The summed E-state index contributed by atoms with van der Waals surface area (Å²) in [6, 6.07) is 0. The standard InChI is InChI=1S/C4H10O6S/c1-3(6)4(2-5)10-11(7,8)9/h3-6H,2H2,1H3,(H,7,8,9)/t3-,4+/m0/s1. The Labute approximate surface area is 64.4 Å². The van der Waals surface area contributed by atoms with Crippen LogP contribution in [0, 0.1) is 0 Å². The van der Waals surface area contributed by atoms with E-state index in [-0.39, 0.29) is 0 Å². The summed E-state index contributed by atoms with van der Waals surface area (Å²) in [5.41, 5.74) is 0. The van der Waals surface area contributed by atoms with Gasteiger partial charge in [0.2, 0.25) is 0 Å². The lowest BCUT2D eigenvalue weighted by molar-refractivity contribution is 0.00929. The summed E-state index contributed by atoms with van der Waals surface area (Å²) in [6.07, 6.45) is -2.48. The lowest BCUT2D eigenvalue weighted by Gasteiger charge is -2.14. The highest BCUT2D eigenvalue weighted by molar-refractivity contribution is 7.80. The van der Waals surface area contributed by atoms with Gasteiger partial charge in [-0.15, -0.1) is 0 Å². The maximum absolute atomic E-state index is 10.0. The van der Waals surface area contributed by atoms with Crippen molar-refractivity contribution in [2.24, 2.45) is 0 Å². The Morgan fingerprint density at radius 1 is 1.55 bits per heavy atom. The predicted octanol–water partition coefficient (Wildman–Crippen LogP) is -1.45. The van der Waals surface area contributed by atoms with E-state index in [2.05, 4.69) is 4.18 Å². The van der Waals surface area contributed by atoms with Crippen LogP contribution in [-0.2, 0) is 14.6 Å². The molecule has 0 rings (SSSR count). The van der Waals surface area contributed by atoms with Crippen LogP contribution in [-0.4, -0.2) is 42.0 Å². The largest absolute Gasteiger partial charge is 0.397 e. The van der Waals surface area contributed by atoms with E-state index in [4.69, 9.17) is 14.8 Å². The van der Waals surface area contributed by atoms with Gasteiger partial charge in [-0.1, -0.05) is 0 Å². The Balaban J connectivity index is 4.10. The average Bonchev–Trinajstić information content (AvgIpc) is 1.80. The van der Waals surface area contributed by atoms with E-state index in [0.717, 1.165) is 0 Å². The van der Waals surface area contributed by atoms with Crippen molar-refractivity contribution in [3.05, 3.63) is 0 Å². The third kappa shape index (κ3) is 5.10. The fourth-order valence-electron chi connectivity index (χ4n) is 0.420. The molecule has 0 aliphatic carbocycles. The molecule has 0 unspecified atom stereocenters. The number of rotatable bonds is 4. The van der Waals surface area contributed by atoms with E-state index in [0.29, 0.717) is 0 Å². The second-order valence-electron chi connectivity index (χ2n) is 1.99. The van der Waals surface area contributed by atoms with Crippen molar-refractivity contribution in [2.45, 2.75) is 19.1 Å². The van der Waals surface area contributed by atoms with Crippen molar-refractivity contribution in [2.75, 3.05) is 6.61 Å². The summed E-state index contributed by atoms with van der Waals surface area (Å²) < 4.78 is 32.0. The van der Waals surface area contributed by atoms with Gasteiger partial charge in [-0.3, -0.25) is 4.55 Å². The molecule has 0 fully saturated rings. The summed E-state index contributed by atoms with van der Waals surface area (Å²) >= 11 is 0. The van der Waals surface area contributed by atoms with Crippen LogP contribution in [0.3, 0.4) is 0 Å². The topological polar surface area (TPSA) is 104 Å². The van der Waals surface area contributed by atoms with Gasteiger partial charge in [0, 0.05) is 0 Å². The summed E-state index contributed by atoms with van der Waals surface area (Å²) in [5, 5.41) is 17.1. The number of hydrogen-bond donors (Lipinski definition) is 3. The SMILES string of the molecule is C[C@H](O)[C@@H](CO)OS(=O)(=O)O. The van der Waals surface area contributed by atoms with Crippen LogP contribution < -0.4 is 0 Å². The van der Waals surface area contributed by atoms with Gasteiger partial charge in [0.15, 0.2) is 0 Å². The maximum Gasteiger partial charge on any atom is 0.397 e. The van der Waals surface area contributed by atoms with Gasteiger partial charge in [-0.2, -0.15) is 8.42 Å². The number of hydrogen-bond acceptors (Lipinski definition) is 5. The van der Waals surface area contributed by atoms with E-state index in [1.807, 2.05) is 0 Å². The van der Waals surface area contributed by atoms with Gasteiger partial charge in [-0.05, 0) is 6.92 Å². The van der Waals surface area contributed by atoms with E-state index >= 15 is 0 Å². The minimum absolute atomic E-state index is 0.683. The van der Waals surface area contributed by atoms with Gasteiger partial charge in [0.05, 0.1) is 12.7 Å². The normalized spacial score (nSPS) is 17.8. The lowest BCUT2D eigenvalue weighted by Crippen LogP contribution is -2.32. The molecule has 11 heavy (non-hydrogen) atoms. The van der Waals surface area contributed by atoms with Crippen molar-refractivity contribution in [1.29, 1.82) is 0 Å². The first-order valence-corrected chi connectivity index (χ1v) is 4.18. The van der Waals surface area contributed by atoms with Gasteiger partial charge < -0.3 is 10.2 Å². The number of aliphatic hydroxyl groups excluding tert-OH is 2. The van der Waals surface area contributed by atoms with Crippen molar-refractivity contribution >= 4 is 10.4 Å². The van der Waals surface area contributed by atoms with Crippen molar-refractivity contribution < 1.29 is 27.4 Å².